The fourth-order valence-electron chi connectivity index (χ4n) is 3.08. The molecule has 0 radical (unpaired) electrons. The summed E-state index contributed by atoms with van der Waals surface area (Å²) in [4.78, 5) is 11.2. The lowest BCUT2D eigenvalue weighted by Gasteiger charge is -2.27. The molecule has 3 aromatic carbocycles. The highest BCUT2D eigenvalue weighted by Crippen LogP contribution is 2.55. The minimum Gasteiger partial charge on any atom is -0.481 e. The molecule has 132 valence electrons. The van der Waals surface area contributed by atoms with E-state index >= 15 is 0 Å². The van der Waals surface area contributed by atoms with Gasteiger partial charge in [-0.1, -0.05) is 54.6 Å². The molecule has 3 heteroatoms. The quantitative estimate of drug-likeness (QED) is 0.605. The Morgan fingerprint density at radius 1 is 0.731 bits per heavy atom. The first-order valence-corrected chi connectivity index (χ1v) is 10.4. The summed E-state index contributed by atoms with van der Waals surface area (Å²) in [6.45, 7) is 0. The third-order valence-electron chi connectivity index (χ3n) is 4.27. The molecule has 0 saturated heterocycles. The van der Waals surface area contributed by atoms with Crippen LogP contribution < -0.4 is 15.9 Å². The highest BCUT2D eigenvalue weighted by atomic mass is 31.2. The van der Waals surface area contributed by atoms with Crippen molar-refractivity contribution in [3.8, 4) is 0 Å². The maximum Gasteiger partial charge on any atom is 0.303 e. The number of carboxylic acid groups (broad SMARTS) is 1. The summed E-state index contributed by atoms with van der Waals surface area (Å²) >= 11 is 0. The molecule has 0 aliphatic heterocycles. The van der Waals surface area contributed by atoms with Gasteiger partial charge in [-0.05, 0) is 49.1 Å². The second-order valence-corrected chi connectivity index (χ2v) is 9.38. The maximum absolute atomic E-state index is 11.2. The van der Waals surface area contributed by atoms with Crippen LogP contribution in [0, 0.1) is 0 Å². The molecule has 0 atom stereocenters. The van der Waals surface area contributed by atoms with E-state index in [1.165, 1.54) is 0 Å². The fraction of sp³-hybridized carbons (Fsp3) is 0.174. The van der Waals surface area contributed by atoms with Crippen LogP contribution in [0.3, 0.4) is 0 Å². The smallest absolute Gasteiger partial charge is 0.303 e. The van der Waals surface area contributed by atoms with E-state index in [4.69, 9.17) is 10.6 Å². The summed E-state index contributed by atoms with van der Waals surface area (Å²) in [5.74, 6) is -1.35. The summed E-state index contributed by atoms with van der Waals surface area (Å²) in [5.41, 5.74) is 0. The van der Waals surface area contributed by atoms with Gasteiger partial charge in [-0.3, -0.25) is 4.79 Å². The number of hydrogen-bond acceptors (Lipinski definition) is 1. The normalized spacial score (nSPS) is 14.6. The Hall–Kier alpha value is -2.44. The van der Waals surface area contributed by atoms with Crippen LogP contribution in [0.15, 0.2) is 91.0 Å². The van der Waals surface area contributed by atoms with Crippen molar-refractivity contribution in [3.63, 3.8) is 0 Å². The van der Waals surface area contributed by atoms with Crippen molar-refractivity contribution in [2.24, 2.45) is 0 Å². The number of carbonyl (C=O) groups is 1. The van der Waals surface area contributed by atoms with Crippen LogP contribution in [0.4, 0.5) is 0 Å². The Kier molecular flexibility index (Phi) is 4.63. The molecule has 0 fully saturated rings. The Balaban J connectivity index is 2.28. The van der Waals surface area contributed by atoms with Gasteiger partial charge in [0.05, 0.1) is 6.16 Å². The zero-order valence-corrected chi connectivity index (χ0v) is 15.3. The first-order chi connectivity index (χ1) is 14.2. The van der Waals surface area contributed by atoms with Gasteiger partial charge in [0.2, 0.25) is 0 Å². The predicted octanol–water partition coefficient (Wildman–Crippen LogP) is 4.24. The number of benzene rings is 3. The summed E-state index contributed by atoms with van der Waals surface area (Å²) in [7, 11) is -2.62. The van der Waals surface area contributed by atoms with E-state index in [9.17, 15) is 4.79 Å². The minimum atomic E-state index is -2.62. The zero-order valence-electron chi connectivity index (χ0n) is 18.4. The van der Waals surface area contributed by atoms with Gasteiger partial charge in [0.15, 0.2) is 0 Å². The van der Waals surface area contributed by atoms with Crippen molar-refractivity contribution in [1.82, 2.24) is 0 Å². The topological polar surface area (TPSA) is 37.3 Å². The maximum atomic E-state index is 11.2. The lowest BCUT2D eigenvalue weighted by Crippen LogP contribution is -2.33. The van der Waals surface area contributed by atoms with Crippen molar-refractivity contribution in [2.75, 3.05) is 6.16 Å². The summed E-state index contributed by atoms with van der Waals surface area (Å²) < 4.78 is 33.9. The third kappa shape index (κ3) is 4.03. The SMILES string of the molecule is [2H]C([2H])(CC(=O)O)C([2H])([2H])C[P+](c1ccccc1)(c1ccccc1)c1ccccc1. The van der Waals surface area contributed by atoms with Gasteiger partial charge in [0, 0.05) is 11.9 Å². The lowest BCUT2D eigenvalue weighted by molar-refractivity contribution is -0.137. The second-order valence-electron chi connectivity index (χ2n) is 5.90. The van der Waals surface area contributed by atoms with Gasteiger partial charge in [0.25, 0.3) is 0 Å². The third-order valence-corrected chi connectivity index (χ3v) is 8.44. The second kappa shape index (κ2) is 8.78. The molecule has 0 aromatic heterocycles. The number of rotatable bonds is 8. The van der Waals surface area contributed by atoms with Crippen molar-refractivity contribution in [1.29, 1.82) is 0 Å². The molecule has 2 nitrogen and oxygen atoms in total. The summed E-state index contributed by atoms with van der Waals surface area (Å²) in [5, 5.41) is 11.9. The van der Waals surface area contributed by atoms with Crippen LogP contribution >= 0.6 is 7.26 Å². The Morgan fingerprint density at radius 3 is 1.46 bits per heavy atom. The first kappa shape index (κ1) is 13.7. The fourth-order valence-corrected chi connectivity index (χ4v) is 6.92. The molecule has 0 heterocycles. The van der Waals surface area contributed by atoms with Crippen LogP contribution in [-0.4, -0.2) is 17.2 Å². The molecule has 1 N–H and O–H groups in total. The van der Waals surface area contributed by atoms with Crippen molar-refractivity contribution < 1.29 is 15.4 Å². The molecule has 0 unspecified atom stereocenters. The molecular formula is C23H24O2P+. The average molecular weight is 367 g/mol. The van der Waals surface area contributed by atoms with Crippen LogP contribution in [0.1, 0.15) is 24.6 Å². The van der Waals surface area contributed by atoms with Gasteiger partial charge >= 0.3 is 5.97 Å². The van der Waals surface area contributed by atoms with Crippen LogP contribution in [0.25, 0.3) is 0 Å². The van der Waals surface area contributed by atoms with Crippen molar-refractivity contribution >= 4 is 29.1 Å². The average Bonchev–Trinajstić information content (AvgIpc) is 2.73. The molecule has 0 aliphatic carbocycles. The van der Waals surface area contributed by atoms with E-state index in [2.05, 4.69) is 0 Å². The summed E-state index contributed by atoms with van der Waals surface area (Å²) in [6, 6.07) is 28.8. The van der Waals surface area contributed by atoms with Crippen molar-refractivity contribution in [2.45, 2.75) is 19.2 Å². The molecule has 0 saturated carbocycles. The largest absolute Gasteiger partial charge is 0.481 e. The summed E-state index contributed by atoms with van der Waals surface area (Å²) in [6.07, 6.45) is -5.93. The Bertz CT molecular complexity index is 883. The standard InChI is InChI=1S/C23H23O2P/c24-23(25)18-10-11-19-26(20-12-4-1-5-13-20,21-14-6-2-7-15-21)22-16-8-3-9-17-22/h1-9,12-17H,10-11,18-19H2/p+1/i10D2,11D2. The van der Waals surface area contributed by atoms with E-state index in [1.807, 2.05) is 91.0 Å². The van der Waals surface area contributed by atoms with Crippen LogP contribution in [-0.2, 0) is 4.79 Å². The highest BCUT2D eigenvalue weighted by molar-refractivity contribution is 7.95. The van der Waals surface area contributed by atoms with Gasteiger partial charge in [-0.25, -0.2) is 0 Å². The zero-order chi connectivity index (χ0) is 21.8. The van der Waals surface area contributed by atoms with Gasteiger partial charge in [-0.15, -0.1) is 0 Å². The lowest BCUT2D eigenvalue weighted by atomic mass is 10.2. The van der Waals surface area contributed by atoms with Gasteiger partial charge in [0.1, 0.15) is 23.2 Å². The molecule has 26 heavy (non-hydrogen) atoms. The Morgan fingerprint density at radius 2 is 1.12 bits per heavy atom. The van der Waals surface area contributed by atoms with Crippen LogP contribution in [0.5, 0.6) is 0 Å². The molecule has 0 aliphatic rings. The molecule has 3 rings (SSSR count). The van der Waals surface area contributed by atoms with E-state index in [0.29, 0.717) is 0 Å². The molecule has 0 spiro atoms. The minimum absolute atomic E-state index is 0.141. The van der Waals surface area contributed by atoms with Crippen LogP contribution in [0.2, 0.25) is 0 Å². The molecular weight excluding hydrogens is 339 g/mol. The van der Waals surface area contributed by atoms with Gasteiger partial charge in [-0.2, -0.15) is 0 Å². The van der Waals surface area contributed by atoms with Crippen molar-refractivity contribution in [3.05, 3.63) is 91.0 Å². The van der Waals surface area contributed by atoms with E-state index in [1.54, 1.807) is 0 Å². The first-order valence-electron chi connectivity index (χ1n) is 10.5. The Labute approximate surface area is 161 Å². The highest BCUT2D eigenvalue weighted by Gasteiger charge is 2.44. The predicted molar refractivity (Wildman–Crippen MR) is 112 cm³/mol. The van der Waals surface area contributed by atoms with E-state index in [0.717, 1.165) is 15.9 Å². The van der Waals surface area contributed by atoms with E-state index in [-0.39, 0.29) is 6.16 Å². The number of aliphatic carboxylic acids is 1. The number of hydrogen-bond donors (Lipinski definition) is 1. The monoisotopic (exact) mass is 367 g/mol. The number of carboxylic acids is 1. The van der Waals surface area contributed by atoms with Gasteiger partial charge < -0.3 is 5.11 Å². The molecule has 0 amide bonds. The van der Waals surface area contributed by atoms with E-state index < -0.39 is 32.4 Å². The molecule has 3 aromatic rings. The molecule has 0 bridgehead atoms.